The lowest BCUT2D eigenvalue weighted by Gasteiger charge is -2.28. The zero-order valence-electron chi connectivity index (χ0n) is 3.34. The molecule has 0 spiro atoms. The molecule has 7 nitrogen and oxygen atoms in total. The minimum Gasteiger partial charge on any atom is -0.526 e. The summed E-state index contributed by atoms with van der Waals surface area (Å²) in [5, 5.41) is 14.8. The second-order valence-corrected chi connectivity index (χ2v) is 2.14. The summed E-state index contributed by atoms with van der Waals surface area (Å²) >= 11 is 0. The van der Waals surface area contributed by atoms with E-state index in [1.807, 2.05) is 0 Å². The fourth-order valence-electron chi connectivity index (χ4n) is 0.236. The number of nitrogens with zero attached hydrogens (tertiary/aromatic N) is 1. The molecule has 8 heavy (non-hydrogen) atoms. The Bertz CT molecular complexity index is 173. The number of hydrogen-bond donors (Lipinski definition) is 1. The van der Waals surface area contributed by atoms with Crippen molar-refractivity contribution in [1.29, 1.82) is 0 Å². The summed E-state index contributed by atoms with van der Waals surface area (Å²) in [4.78, 5) is 0. The SMILES string of the molecule is O=S1(=O)O[N+]([O-])(O)O1. The molecule has 0 aromatic rings. The number of quaternary nitrogens is 1. The Kier molecular flexibility index (Phi) is 0.867. The first kappa shape index (κ1) is 5.88. The van der Waals surface area contributed by atoms with Gasteiger partial charge in [-0.2, -0.15) is 8.42 Å². The second-order valence-electron chi connectivity index (χ2n) is 1.03. The van der Waals surface area contributed by atoms with Crippen molar-refractivity contribution in [2.75, 3.05) is 0 Å². The molecule has 0 aromatic carbocycles. The summed E-state index contributed by atoms with van der Waals surface area (Å²) in [5.74, 6) is 0. The Morgan fingerprint density at radius 3 is 1.88 bits per heavy atom. The average molecular weight is 143 g/mol. The van der Waals surface area contributed by atoms with Gasteiger partial charge in [-0.15, -0.1) is 5.21 Å². The summed E-state index contributed by atoms with van der Waals surface area (Å²) in [6.45, 7) is 0. The molecule has 8 heteroatoms. The molecular weight excluding hydrogens is 142 g/mol. The summed E-state index contributed by atoms with van der Waals surface area (Å²) in [6.07, 6.45) is 0. The van der Waals surface area contributed by atoms with E-state index in [1.165, 1.54) is 0 Å². The minimum absolute atomic E-state index is 2.62. The van der Waals surface area contributed by atoms with Gasteiger partial charge in [0.15, 0.2) is 0 Å². The van der Waals surface area contributed by atoms with Crippen LogP contribution in [0.4, 0.5) is 0 Å². The van der Waals surface area contributed by atoms with Crippen LogP contribution in [0, 0.1) is 5.21 Å². The Hall–Kier alpha value is -0.250. The molecule has 1 aliphatic rings. The van der Waals surface area contributed by atoms with E-state index in [1.54, 1.807) is 0 Å². The Morgan fingerprint density at radius 1 is 1.50 bits per heavy atom. The van der Waals surface area contributed by atoms with Crippen LogP contribution in [0.15, 0.2) is 0 Å². The fourth-order valence-corrected chi connectivity index (χ4v) is 0.709. The fraction of sp³-hybridized carbons (Fsp3) is 0. The highest BCUT2D eigenvalue weighted by atomic mass is 32.3. The van der Waals surface area contributed by atoms with Crippen molar-refractivity contribution in [2.24, 2.45) is 0 Å². The van der Waals surface area contributed by atoms with Gasteiger partial charge in [0.1, 0.15) is 5.14 Å². The van der Waals surface area contributed by atoms with Gasteiger partial charge in [-0.3, -0.25) is 0 Å². The summed E-state index contributed by atoms with van der Waals surface area (Å²) in [6, 6.07) is 0. The normalized spacial score (nSPS) is 31.2. The molecule has 1 fully saturated rings. The molecule has 0 amide bonds. The summed E-state index contributed by atoms with van der Waals surface area (Å²) in [7, 11) is -4.18. The van der Waals surface area contributed by atoms with Crippen LogP contribution in [0.1, 0.15) is 0 Å². The van der Waals surface area contributed by atoms with Gasteiger partial charge in [-0.05, 0) is 0 Å². The van der Waals surface area contributed by atoms with E-state index in [-0.39, 0.29) is 0 Å². The van der Waals surface area contributed by atoms with E-state index in [4.69, 9.17) is 5.21 Å². The Morgan fingerprint density at radius 2 is 1.88 bits per heavy atom. The molecule has 1 saturated heterocycles. The minimum atomic E-state index is -4.18. The molecule has 0 saturated carbocycles. The van der Waals surface area contributed by atoms with Gasteiger partial charge in [0.05, 0.1) is 0 Å². The van der Waals surface area contributed by atoms with Gasteiger partial charge < -0.3 is 5.21 Å². The molecule has 1 heterocycles. The maximum absolute atomic E-state index is 9.68. The summed E-state index contributed by atoms with van der Waals surface area (Å²) in [5.41, 5.74) is 0. The third kappa shape index (κ3) is 0.940. The molecule has 0 atom stereocenters. The van der Waals surface area contributed by atoms with E-state index in [9.17, 15) is 13.6 Å². The lowest BCUT2D eigenvalue weighted by atomic mass is 12.8. The van der Waals surface area contributed by atoms with E-state index in [0.717, 1.165) is 0 Å². The molecule has 1 N–H and O–H groups in total. The predicted octanol–water partition coefficient (Wildman–Crippen LogP) is -1.19. The molecule has 1 aliphatic heterocycles. The van der Waals surface area contributed by atoms with Crippen LogP contribution >= 0.6 is 0 Å². The Labute approximate surface area is 44.0 Å². The van der Waals surface area contributed by atoms with Crippen LogP contribution in [0.2, 0.25) is 0 Å². The van der Waals surface area contributed by atoms with Gasteiger partial charge in [-0.25, -0.2) is 0 Å². The standard InChI is InChI=1S/HNO6S/c2-1(3)6-8(4,5)7-1/h2H. The van der Waals surface area contributed by atoms with Gasteiger partial charge in [0, 0.05) is 8.57 Å². The average Bonchev–Trinajstić information content (AvgIpc) is 1.20. The van der Waals surface area contributed by atoms with Gasteiger partial charge in [0.2, 0.25) is 0 Å². The molecular formula is HNO6S. The highest BCUT2D eigenvalue weighted by Gasteiger charge is 2.49. The van der Waals surface area contributed by atoms with Crippen LogP contribution in [0.25, 0.3) is 0 Å². The first-order valence-electron chi connectivity index (χ1n) is 1.41. The second kappa shape index (κ2) is 1.18. The molecule has 1 rings (SSSR count). The van der Waals surface area contributed by atoms with Gasteiger partial charge >= 0.3 is 10.4 Å². The van der Waals surface area contributed by atoms with Crippen molar-refractivity contribution in [3.05, 3.63) is 5.21 Å². The van der Waals surface area contributed by atoms with Crippen molar-refractivity contribution < 1.29 is 27.3 Å². The Balaban J connectivity index is 2.68. The first-order valence-corrected chi connectivity index (χ1v) is 2.75. The third-order valence-electron chi connectivity index (χ3n) is 0.371. The van der Waals surface area contributed by atoms with Crippen molar-refractivity contribution in [2.45, 2.75) is 0 Å². The van der Waals surface area contributed by atoms with Crippen molar-refractivity contribution >= 4 is 10.4 Å². The van der Waals surface area contributed by atoms with E-state index in [2.05, 4.69) is 8.57 Å². The zero-order valence-corrected chi connectivity index (χ0v) is 4.16. The van der Waals surface area contributed by atoms with Crippen LogP contribution in [0.3, 0.4) is 0 Å². The van der Waals surface area contributed by atoms with Gasteiger partial charge in [-0.1, -0.05) is 0 Å². The van der Waals surface area contributed by atoms with Crippen molar-refractivity contribution in [3.8, 4) is 0 Å². The third-order valence-corrected chi connectivity index (χ3v) is 1.11. The van der Waals surface area contributed by atoms with Crippen LogP contribution in [-0.4, -0.2) is 18.8 Å². The topological polar surface area (TPSA) is 95.9 Å². The quantitative estimate of drug-likeness (QED) is 0.338. The van der Waals surface area contributed by atoms with Crippen LogP contribution in [0.5, 0.6) is 0 Å². The molecule has 0 unspecified atom stereocenters. The van der Waals surface area contributed by atoms with Gasteiger partial charge in [0.25, 0.3) is 0 Å². The molecule has 0 radical (unpaired) electrons. The smallest absolute Gasteiger partial charge is 0.504 e. The maximum Gasteiger partial charge on any atom is 0.504 e. The molecule has 0 aromatic heterocycles. The maximum atomic E-state index is 9.68. The van der Waals surface area contributed by atoms with E-state index < -0.39 is 15.5 Å². The number of rotatable bonds is 0. The molecule has 0 aliphatic carbocycles. The molecule has 48 valence electrons. The summed E-state index contributed by atoms with van der Waals surface area (Å²) < 4.78 is 25.8. The highest BCUT2D eigenvalue weighted by molar-refractivity contribution is 7.82. The first-order chi connectivity index (χ1) is 3.41. The lowest BCUT2D eigenvalue weighted by Crippen LogP contribution is -2.52. The van der Waals surface area contributed by atoms with E-state index in [0.29, 0.717) is 0 Å². The zero-order chi connectivity index (χ0) is 6.41. The van der Waals surface area contributed by atoms with Crippen molar-refractivity contribution in [3.63, 3.8) is 0 Å². The predicted molar refractivity (Wildman–Crippen MR) is 16.5 cm³/mol. The van der Waals surface area contributed by atoms with Crippen LogP contribution < -0.4 is 0 Å². The molecule has 0 bridgehead atoms. The van der Waals surface area contributed by atoms with Crippen molar-refractivity contribution in [1.82, 2.24) is 0 Å². The highest BCUT2D eigenvalue weighted by Crippen LogP contribution is 2.21. The number of hydrogen-bond acceptors (Lipinski definition) is 6. The largest absolute Gasteiger partial charge is 0.526 e. The lowest BCUT2D eigenvalue weighted by molar-refractivity contribution is -1.33. The van der Waals surface area contributed by atoms with Crippen LogP contribution in [-0.2, 0) is 19.0 Å². The van der Waals surface area contributed by atoms with E-state index >= 15 is 0 Å². The monoisotopic (exact) mass is 143 g/mol.